The van der Waals surface area contributed by atoms with Gasteiger partial charge in [-0.1, -0.05) is 41.6 Å². The molecule has 5 heteroatoms. The molecule has 2 heterocycles. The topological polar surface area (TPSA) is 81.2 Å². The van der Waals surface area contributed by atoms with Crippen LogP contribution in [0.3, 0.4) is 0 Å². The second-order valence-electron chi connectivity index (χ2n) is 6.46. The lowest BCUT2D eigenvalue weighted by Crippen LogP contribution is -2.48. The first-order valence-electron chi connectivity index (χ1n) is 8.01. The van der Waals surface area contributed by atoms with E-state index in [0.717, 1.165) is 33.9 Å². The van der Waals surface area contributed by atoms with Gasteiger partial charge in [-0.15, -0.1) is 0 Å². The number of fused-ring (bicyclic) bond motifs is 1. The molecule has 1 aliphatic heterocycles. The van der Waals surface area contributed by atoms with E-state index in [9.17, 15) is 4.79 Å². The van der Waals surface area contributed by atoms with Gasteiger partial charge in [0.15, 0.2) is 0 Å². The van der Waals surface area contributed by atoms with E-state index in [1.807, 2.05) is 56.3 Å². The minimum absolute atomic E-state index is 0.124. The van der Waals surface area contributed by atoms with Crippen molar-refractivity contribution in [3.05, 3.63) is 70.8 Å². The maximum atomic E-state index is 12.7. The van der Waals surface area contributed by atoms with Gasteiger partial charge in [0.1, 0.15) is 11.3 Å². The van der Waals surface area contributed by atoms with Gasteiger partial charge < -0.3 is 15.6 Å². The Morgan fingerprint density at radius 3 is 2.67 bits per heavy atom. The molecule has 0 radical (unpaired) electrons. The molecule has 0 saturated carbocycles. The molecule has 1 saturated heterocycles. The molecule has 1 aromatic heterocycles. The van der Waals surface area contributed by atoms with E-state index in [2.05, 4.69) is 10.5 Å². The second kappa shape index (κ2) is 5.18. The molecule has 2 aliphatic rings. The van der Waals surface area contributed by atoms with Crippen molar-refractivity contribution in [2.24, 2.45) is 11.7 Å². The van der Waals surface area contributed by atoms with Gasteiger partial charge >= 0.3 is 0 Å². The van der Waals surface area contributed by atoms with Crippen LogP contribution in [0.1, 0.15) is 29.0 Å². The molecular formula is C19H19N3O2. The Labute approximate surface area is 140 Å². The first-order chi connectivity index (χ1) is 11.5. The Morgan fingerprint density at radius 1 is 1.25 bits per heavy atom. The van der Waals surface area contributed by atoms with Crippen LogP contribution in [-0.2, 0) is 10.3 Å². The fourth-order valence-electron chi connectivity index (χ4n) is 3.81. The number of carbonyl (C=O) groups is 1. The van der Waals surface area contributed by atoms with Crippen LogP contribution in [0.4, 0.5) is 0 Å². The third-order valence-electron chi connectivity index (χ3n) is 5.05. The Bertz CT molecular complexity index is 860. The van der Waals surface area contributed by atoms with E-state index < -0.39 is 5.54 Å². The number of hydrogen-bond donors (Lipinski definition) is 2. The highest BCUT2D eigenvalue weighted by molar-refractivity contribution is 5.94. The molecule has 0 spiro atoms. The fourth-order valence-corrected chi connectivity index (χ4v) is 3.81. The molecule has 2 unspecified atom stereocenters. The molecule has 3 N–H and O–H groups in total. The zero-order valence-electron chi connectivity index (χ0n) is 13.7. The summed E-state index contributed by atoms with van der Waals surface area (Å²) in [7, 11) is 0. The van der Waals surface area contributed by atoms with Gasteiger partial charge in [0, 0.05) is 17.2 Å². The molecule has 1 aliphatic carbocycles. The van der Waals surface area contributed by atoms with E-state index >= 15 is 0 Å². The van der Waals surface area contributed by atoms with Crippen LogP contribution >= 0.6 is 0 Å². The number of nitrogens with one attached hydrogen (secondary N) is 1. The molecule has 5 nitrogen and oxygen atoms in total. The van der Waals surface area contributed by atoms with Crippen molar-refractivity contribution in [1.29, 1.82) is 0 Å². The lowest BCUT2D eigenvalue weighted by Gasteiger charge is -2.31. The van der Waals surface area contributed by atoms with Crippen LogP contribution in [0.15, 0.2) is 52.7 Å². The first kappa shape index (κ1) is 14.9. The molecule has 1 amide bonds. The largest absolute Gasteiger partial charge is 0.361 e. The van der Waals surface area contributed by atoms with Crippen LogP contribution in [0.5, 0.6) is 0 Å². The lowest BCUT2D eigenvalue weighted by atomic mass is 9.74. The van der Waals surface area contributed by atoms with Crippen molar-refractivity contribution >= 4 is 11.5 Å². The standard InChI is InChI=1S/C19H19N3O2/c1-11-17(12(2)24-22-11)13-8-9-16-15(10-13)19(20,18(23)21-16)14-6-4-3-5-7-14/h3-9,15H,10,20H2,1-2H3,(H,21,23). The monoisotopic (exact) mass is 321 g/mol. The summed E-state index contributed by atoms with van der Waals surface area (Å²) in [5.41, 5.74) is 10.3. The maximum absolute atomic E-state index is 12.7. The third-order valence-corrected chi connectivity index (χ3v) is 5.05. The summed E-state index contributed by atoms with van der Waals surface area (Å²) >= 11 is 0. The lowest BCUT2D eigenvalue weighted by molar-refractivity contribution is -0.124. The number of amides is 1. The summed E-state index contributed by atoms with van der Waals surface area (Å²) in [5.74, 6) is 0.509. The van der Waals surface area contributed by atoms with E-state index in [4.69, 9.17) is 10.3 Å². The van der Waals surface area contributed by atoms with Gasteiger partial charge in [0.05, 0.1) is 5.69 Å². The van der Waals surface area contributed by atoms with E-state index in [0.29, 0.717) is 6.42 Å². The average Bonchev–Trinajstić information content (AvgIpc) is 3.06. The summed E-state index contributed by atoms with van der Waals surface area (Å²) in [5, 5.41) is 6.99. The number of nitrogens with zero attached hydrogens (tertiary/aromatic N) is 1. The Morgan fingerprint density at radius 2 is 2.00 bits per heavy atom. The number of nitrogens with two attached hydrogens (primary N) is 1. The molecule has 2 atom stereocenters. The van der Waals surface area contributed by atoms with Crippen molar-refractivity contribution in [2.45, 2.75) is 25.8 Å². The zero-order valence-corrected chi connectivity index (χ0v) is 13.7. The second-order valence-corrected chi connectivity index (χ2v) is 6.46. The molecular weight excluding hydrogens is 302 g/mol. The van der Waals surface area contributed by atoms with Gasteiger partial charge in [-0.2, -0.15) is 0 Å². The smallest absolute Gasteiger partial charge is 0.249 e. The molecule has 4 rings (SSSR count). The maximum Gasteiger partial charge on any atom is 0.249 e. The van der Waals surface area contributed by atoms with E-state index in [1.165, 1.54) is 0 Å². The number of aryl methyl sites for hydroxylation is 2. The number of aromatic nitrogens is 1. The van der Waals surface area contributed by atoms with Crippen molar-refractivity contribution < 1.29 is 9.32 Å². The highest BCUT2D eigenvalue weighted by Gasteiger charge is 2.52. The Kier molecular flexibility index (Phi) is 3.21. The highest BCUT2D eigenvalue weighted by atomic mass is 16.5. The predicted molar refractivity (Wildman–Crippen MR) is 90.6 cm³/mol. The van der Waals surface area contributed by atoms with Crippen LogP contribution in [0.2, 0.25) is 0 Å². The SMILES string of the molecule is Cc1noc(C)c1C1=CC=C2NC(=O)C(N)(c3ccccc3)C2C1. The van der Waals surface area contributed by atoms with Crippen LogP contribution in [-0.4, -0.2) is 11.1 Å². The molecule has 1 fully saturated rings. The van der Waals surface area contributed by atoms with Gasteiger partial charge in [-0.05, 0) is 37.5 Å². The third kappa shape index (κ3) is 1.98. The molecule has 2 aromatic rings. The summed E-state index contributed by atoms with van der Waals surface area (Å²) in [4.78, 5) is 12.7. The molecule has 122 valence electrons. The number of hydrogen-bond acceptors (Lipinski definition) is 4. The fraction of sp³-hybridized carbons (Fsp3) is 0.263. The summed E-state index contributed by atoms with van der Waals surface area (Å²) in [6, 6.07) is 9.57. The molecule has 1 aromatic carbocycles. The van der Waals surface area contributed by atoms with Crippen molar-refractivity contribution in [3.8, 4) is 0 Å². The average molecular weight is 321 g/mol. The van der Waals surface area contributed by atoms with Gasteiger partial charge in [-0.3, -0.25) is 4.79 Å². The normalized spacial score (nSPS) is 25.8. The molecule has 0 bridgehead atoms. The Balaban J connectivity index is 1.77. The van der Waals surface area contributed by atoms with Crippen LogP contribution in [0.25, 0.3) is 5.57 Å². The van der Waals surface area contributed by atoms with Gasteiger partial charge in [-0.25, -0.2) is 0 Å². The van der Waals surface area contributed by atoms with Gasteiger partial charge in [0.25, 0.3) is 0 Å². The predicted octanol–water partition coefficient (Wildman–Crippen LogP) is 2.56. The summed E-state index contributed by atoms with van der Waals surface area (Å²) in [6.07, 6.45) is 4.64. The number of rotatable bonds is 2. The number of allylic oxidation sites excluding steroid dienone is 3. The van der Waals surface area contributed by atoms with Crippen molar-refractivity contribution in [3.63, 3.8) is 0 Å². The highest BCUT2D eigenvalue weighted by Crippen LogP contribution is 2.45. The zero-order chi connectivity index (χ0) is 16.9. The first-order valence-corrected chi connectivity index (χ1v) is 8.01. The summed E-state index contributed by atoms with van der Waals surface area (Å²) < 4.78 is 5.29. The van der Waals surface area contributed by atoms with E-state index in [1.54, 1.807) is 0 Å². The Hall–Kier alpha value is -2.66. The van der Waals surface area contributed by atoms with Crippen LogP contribution in [0, 0.1) is 19.8 Å². The van der Waals surface area contributed by atoms with Crippen LogP contribution < -0.4 is 11.1 Å². The van der Waals surface area contributed by atoms with Gasteiger partial charge in [0.2, 0.25) is 5.91 Å². The number of carbonyl (C=O) groups excluding carboxylic acids is 1. The van der Waals surface area contributed by atoms with E-state index in [-0.39, 0.29) is 11.8 Å². The quantitative estimate of drug-likeness (QED) is 0.891. The minimum atomic E-state index is -1.06. The molecule has 24 heavy (non-hydrogen) atoms. The minimum Gasteiger partial charge on any atom is -0.361 e. The van der Waals surface area contributed by atoms with Crippen molar-refractivity contribution in [1.82, 2.24) is 10.5 Å². The van der Waals surface area contributed by atoms with Crippen molar-refractivity contribution in [2.75, 3.05) is 0 Å². The summed E-state index contributed by atoms with van der Waals surface area (Å²) in [6.45, 7) is 3.83. The number of benzene rings is 1.